The molecule has 0 heterocycles. The molecule has 0 atom stereocenters. The van der Waals surface area contributed by atoms with Crippen molar-refractivity contribution in [3.05, 3.63) is 42.0 Å². The summed E-state index contributed by atoms with van der Waals surface area (Å²) in [5.41, 5.74) is 1.21. The molecule has 0 aromatic heterocycles. The molecular weight excluding hydrogens is 212 g/mol. The molecule has 0 spiro atoms. The van der Waals surface area contributed by atoms with E-state index in [9.17, 15) is 4.79 Å². The number of carboxylic acid groups (broad SMARTS) is 1. The molecule has 0 amide bonds. The van der Waals surface area contributed by atoms with Gasteiger partial charge in [0, 0.05) is 0 Å². The minimum atomic E-state index is -0.841. The summed E-state index contributed by atoms with van der Waals surface area (Å²) in [5, 5.41) is 9.16. The molecule has 92 valence electrons. The topological polar surface area (TPSA) is 37.3 Å². The molecule has 0 fully saturated rings. The van der Waals surface area contributed by atoms with Crippen LogP contribution in [0.4, 0.5) is 0 Å². The normalized spacial score (nSPS) is 11.5. The fraction of sp³-hybridized carbons (Fsp3) is 0.400. The van der Waals surface area contributed by atoms with Crippen LogP contribution >= 0.6 is 0 Å². The lowest BCUT2D eigenvalue weighted by atomic mass is 10.0. The fourth-order valence-corrected chi connectivity index (χ4v) is 1.76. The van der Waals surface area contributed by atoms with Gasteiger partial charge in [0.15, 0.2) is 0 Å². The number of hydrogen-bond acceptors (Lipinski definition) is 1. The third-order valence-electron chi connectivity index (χ3n) is 2.72. The maximum Gasteiger partial charge on any atom is 0.335 e. The zero-order valence-corrected chi connectivity index (χ0v) is 10.4. The van der Waals surface area contributed by atoms with E-state index in [2.05, 4.69) is 6.92 Å². The van der Waals surface area contributed by atoms with Gasteiger partial charge in [-0.15, -0.1) is 0 Å². The van der Waals surface area contributed by atoms with Gasteiger partial charge < -0.3 is 5.11 Å². The van der Waals surface area contributed by atoms with Crippen LogP contribution < -0.4 is 0 Å². The highest BCUT2D eigenvalue weighted by molar-refractivity contribution is 6.15. The average molecular weight is 232 g/mol. The van der Waals surface area contributed by atoms with Gasteiger partial charge in [-0.3, -0.25) is 0 Å². The predicted octanol–water partition coefficient (Wildman–Crippen LogP) is 4.13. The van der Waals surface area contributed by atoms with Crippen LogP contribution in [0, 0.1) is 0 Å². The first-order valence-corrected chi connectivity index (χ1v) is 6.24. The third-order valence-corrected chi connectivity index (χ3v) is 2.72. The van der Waals surface area contributed by atoms with E-state index in [1.807, 2.05) is 36.4 Å². The molecule has 0 aliphatic carbocycles. The maximum absolute atomic E-state index is 11.2. The summed E-state index contributed by atoms with van der Waals surface area (Å²) in [6.07, 6.45) is 7.35. The van der Waals surface area contributed by atoms with Crippen molar-refractivity contribution in [2.75, 3.05) is 0 Å². The van der Waals surface area contributed by atoms with Gasteiger partial charge in [0.05, 0.1) is 5.57 Å². The van der Waals surface area contributed by atoms with Crippen LogP contribution in [0.25, 0.3) is 5.57 Å². The highest BCUT2D eigenvalue weighted by atomic mass is 16.4. The molecule has 17 heavy (non-hydrogen) atoms. The Morgan fingerprint density at radius 1 is 1.18 bits per heavy atom. The fourth-order valence-electron chi connectivity index (χ4n) is 1.76. The monoisotopic (exact) mass is 232 g/mol. The van der Waals surface area contributed by atoms with Crippen molar-refractivity contribution in [2.24, 2.45) is 0 Å². The van der Waals surface area contributed by atoms with Crippen molar-refractivity contribution in [1.82, 2.24) is 0 Å². The first-order chi connectivity index (χ1) is 8.25. The first kappa shape index (κ1) is 13.5. The highest BCUT2D eigenvalue weighted by Crippen LogP contribution is 2.16. The molecule has 0 saturated heterocycles. The molecule has 0 unspecified atom stereocenters. The Labute approximate surface area is 103 Å². The van der Waals surface area contributed by atoms with E-state index in [1.54, 1.807) is 0 Å². The Hall–Kier alpha value is -1.57. The summed E-state index contributed by atoms with van der Waals surface area (Å²) in [6.45, 7) is 2.17. The Balaban J connectivity index is 2.61. The second-order valence-corrected chi connectivity index (χ2v) is 4.14. The van der Waals surface area contributed by atoms with E-state index in [0.29, 0.717) is 5.57 Å². The van der Waals surface area contributed by atoms with E-state index in [1.165, 1.54) is 19.3 Å². The molecule has 0 saturated carbocycles. The van der Waals surface area contributed by atoms with E-state index in [0.717, 1.165) is 18.4 Å². The van der Waals surface area contributed by atoms with Crippen LogP contribution in [-0.4, -0.2) is 11.1 Å². The van der Waals surface area contributed by atoms with Crippen molar-refractivity contribution >= 4 is 11.5 Å². The second kappa shape index (κ2) is 7.66. The van der Waals surface area contributed by atoms with Crippen LogP contribution in [0.15, 0.2) is 36.4 Å². The van der Waals surface area contributed by atoms with Gasteiger partial charge in [0.25, 0.3) is 0 Å². The van der Waals surface area contributed by atoms with Crippen molar-refractivity contribution < 1.29 is 9.90 Å². The molecule has 2 heteroatoms. The standard InChI is InChI=1S/C15H20O2/c1-2-3-4-5-9-12-14(15(16)17)13-10-7-6-8-11-13/h6-8,10-12H,2-5,9H2,1H3,(H,16,17)/b14-12-. The third kappa shape index (κ3) is 4.85. The van der Waals surface area contributed by atoms with Crippen LogP contribution in [0.5, 0.6) is 0 Å². The number of benzene rings is 1. The molecule has 1 rings (SSSR count). The van der Waals surface area contributed by atoms with Gasteiger partial charge in [0.2, 0.25) is 0 Å². The summed E-state index contributed by atoms with van der Waals surface area (Å²) in [6, 6.07) is 9.30. The number of carboxylic acids is 1. The van der Waals surface area contributed by atoms with Crippen LogP contribution in [0.2, 0.25) is 0 Å². The highest BCUT2D eigenvalue weighted by Gasteiger charge is 2.08. The molecule has 0 aliphatic rings. The van der Waals surface area contributed by atoms with Gasteiger partial charge >= 0.3 is 5.97 Å². The zero-order valence-electron chi connectivity index (χ0n) is 10.4. The lowest BCUT2D eigenvalue weighted by molar-refractivity contribution is -0.130. The zero-order chi connectivity index (χ0) is 12.5. The van der Waals surface area contributed by atoms with Crippen molar-refractivity contribution in [2.45, 2.75) is 39.0 Å². The predicted molar refractivity (Wildman–Crippen MR) is 70.8 cm³/mol. The molecule has 2 nitrogen and oxygen atoms in total. The Morgan fingerprint density at radius 3 is 2.47 bits per heavy atom. The largest absolute Gasteiger partial charge is 0.478 e. The molecule has 0 radical (unpaired) electrons. The minimum absolute atomic E-state index is 0.419. The van der Waals surface area contributed by atoms with Crippen molar-refractivity contribution in [3.8, 4) is 0 Å². The number of rotatable bonds is 7. The smallest absolute Gasteiger partial charge is 0.335 e. The Bertz CT molecular complexity index is 366. The van der Waals surface area contributed by atoms with Gasteiger partial charge in [-0.1, -0.05) is 62.6 Å². The molecular formula is C15H20O2. The Kier molecular flexibility index (Phi) is 6.08. The minimum Gasteiger partial charge on any atom is -0.478 e. The van der Waals surface area contributed by atoms with Crippen LogP contribution in [-0.2, 0) is 4.79 Å². The van der Waals surface area contributed by atoms with E-state index < -0.39 is 5.97 Å². The van der Waals surface area contributed by atoms with Crippen molar-refractivity contribution in [3.63, 3.8) is 0 Å². The quantitative estimate of drug-likeness (QED) is 0.567. The summed E-state index contributed by atoms with van der Waals surface area (Å²) in [5.74, 6) is -0.841. The Morgan fingerprint density at radius 2 is 1.88 bits per heavy atom. The summed E-state index contributed by atoms with van der Waals surface area (Å²) >= 11 is 0. The molecule has 1 aromatic carbocycles. The summed E-state index contributed by atoms with van der Waals surface area (Å²) < 4.78 is 0. The lowest BCUT2D eigenvalue weighted by Crippen LogP contribution is -1.99. The van der Waals surface area contributed by atoms with E-state index >= 15 is 0 Å². The summed E-state index contributed by atoms with van der Waals surface area (Å²) in [4.78, 5) is 11.2. The van der Waals surface area contributed by atoms with Crippen LogP contribution in [0.3, 0.4) is 0 Å². The maximum atomic E-state index is 11.2. The molecule has 0 aliphatic heterocycles. The van der Waals surface area contributed by atoms with E-state index in [4.69, 9.17) is 5.11 Å². The van der Waals surface area contributed by atoms with E-state index in [-0.39, 0.29) is 0 Å². The molecule has 1 N–H and O–H groups in total. The van der Waals surface area contributed by atoms with Gasteiger partial charge in [-0.25, -0.2) is 4.79 Å². The summed E-state index contributed by atoms with van der Waals surface area (Å²) in [7, 11) is 0. The van der Waals surface area contributed by atoms with Gasteiger partial charge in [-0.05, 0) is 18.4 Å². The molecule has 0 bridgehead atoms. The van der Waals surface area contributed by atoms with Crippen molar-refractivity contribution in [1.29, 1.82) is 0 Å². The van der Waals surface area contributed by atoms with Gasteiger partial charge in [0.1, 0.15) is 0 Å². The van der Waals surface area contributed by atoms with Crippen LogP contribution in [0.1, 0.15) is 44.6 Å². The van der Waals surface area contributed by atoms with Gasteiger partial charge in [-0.2, -0.15) is 0 Å². The first-order valence-electron chi connectivity index (χ1n) is 6.24. The SMILES string of the molecule is CCCCCC/C=C(\C(=O)O)c1ccccc1. The average Bonchev–Trinajstić information content (AvgIpc) is 2.34. The number of carbonyl (C=O) groups is 1. The number of aliphatic carboxylic acids is 1. The lowest BCUT2D eigenvalue weighted by Gasteiger charge is -2.02. The second-order valence-electron chi connectivity index (χ2n) is 4.14. The number of unbranched alkanes of at least 4 members (excludes halogenated alkanes) is 4. The number of allylic oxidation sites excluding steroid dienone is 1. The number of hydrogen-bond donors (Lipinski definition) is 1. The molecule has 1 aromatic rings.